The molecule has 0 aliphatic rings. The first-order chi connectivity index (χ1) is 6.86. The molecule has 0 amide bonds. The second-order valence-corrected chi connectivity index (χ2v) is 3.29. The first-order valence-corrected chi connectivity index (χ1v) is 4.58. The lowest BCUT2D eigenvalue weighted by molar-refractivity contribution is 0.0690. The molecule has 15 heavy (non-hydrogen) atoms. The van der Waals surface area contributed by atoms with Crippen molar-refractivity contribution in [2.75, 3.05) is 0 Å². The van der Waals surface area contributed by atoms with Crippen molar-refractivity contribution < 1.29 is 15.0 Å². The lowest BCUT2D eigenvalue weighted by atomic mass is 10.3. The highest BCUT2D eigenvalue weighted by molar-refractivity contribution is 6.43. The van der Waals surface area contributed by atoms with E-state index in [1.165, 1.54) is 19.2 Å². The molecule has 0 radical (unpaired) electrons. The highest BCUT2D eigenvalue weighted by atomic mass is 35.5. The molecule has 0 aliphatic carbocycles. The Labute approximate surface area is 96.4 Å². The number of halogens is 2. The number of carboxylic acids is 1. The van der Waals surface area contributed by atoms with Gasteiger partial charge in [-0.1, -0.05) is 23.2 Å². The minimum Gasteiger partial charge on any atom is -0.476 e. The number of aliphatic hydroxyl groups excluding tert-OH is 1. The summed E-state index contributed by atoms with van der Waals surface area (Å²) in [5.41, 5.74) is 4.44. The summed E-state index contributed by atoms with van der Waals surface area (Å²) in [7, 11) is 0. The van der Waals surface area contributed by atoms with E-state index >= 15 is 0 Å². The van der Waals surface area contributed by atoms with Gasteiger partial charge in [0, 0.05) is 6.20 Å². The molecule has 0 bridgehead atoms. The van der Waals surface area contributed by atoms with Crippen LogP contribution in [-0.2, 0) is 0 Å². The Kier molecular flexibility index (Phi) is 6.19. The normalized spacial score (nSPS) is 11.3. The summed E-state index contributed by atoms with van der Waals surface area (Å²) in [5, 5.41) is 16.5. The largest absolute Gasteiger partial charge is 0.476 e. The molecule has 1 aromatic heterocycles. The Morgan fingerprint density at radius 1 is 1.60 bits per heavy atom. The SMILES string of the molecule is CC(N)O.O=C(O)c1nccc(Cl)c1Cl. The van der Waals surface area contributed by atoms with Crippen LogP contribution in [0.25, 0.3) is 0 Å². The van der Waals surface area contributed by atoms with Crippen LogP contribution in [0.3, 0.4) is 0 Å². The lowest BCUT2D eigenvalue weighted by Crippen LogP contribution is -2.11. The Bertz CT molecular complexity index is 342. The summed E-state index contributed by atoms with van der Waals surface area (Å²) in [6.07, 6.45) is 0.623. The second-order valence-electron chi connectivity index (χ2n) is 2.50. The molecule has 0 saturated carbocycles. The number of nitrogens with zero attached hydrogens (tertiary/aromatic N) is 1. The van der Waals surface area contributed by atoms with E-state index in [9.17, 15) is 4.79 Å². The average Bonchev–Trinajstić information content (AvgIpc) is 2.08. The maximum atomic E-state index is 10.4. The number of aliphatic hydroxyl groups is 1. The van der Waals surface area contributed by atoms with Crippen molar-refractivity contribution in [3.8, 4) is 0 Å². The molecule has 1 heterocycles. The van der Waals surface area contributed by atoms with Crippen LogP contribution in [0.1, 0.15) is 17.4 Å². The quantitative estimate of drug-likeness (QED) is 0.657. The standard InChI is InChI=1S/C6H3Cl2NO2.C2H7NO/c7-3-1-2-9-5(4(3)8)6(10)11;1-2(3)4/h1-2H,(H,10,11);2,4H,3H2,1H3. The number of nitrogens with two attached hydrogens (primary N) is 1. The zero-order chi connectivity index (χ0) is 12.0. The van der Waals surface area contributed by atoms with Crippen molar-refractivity contribution in [2.24, 2.45) is 5.73 Å². The van der Waals surface area contributed by atoms with Crippen molar-refractivity contribution >= 4 is 29.2 Å². The van der Waals surface area contributed by atoms with E-state index in [1.54, 1.807) is 0 Å². The Balaban J connectivity index is 0.000000423. The molecule has 84 valence electrons. The van der Waals surface area contributed by atoms with Crippen LogP contribution in [0.4, 0.5) is 0 Å². The molecule has 7 heteroatoms. The van der Waals surface area contributed by atoms with E-state index < -0.39 is 12.2 Å². The highest BCUT2D eigenvalue weighted by Gasteiger charge is 2.11. The van der Waals surface area contributed by atoms with Crippen LogP contribution in [0.5, 0.6) is 0 Å². The van der Waals surface area contributed by atoms with Crippen molar-refractivity contribution in [3.63, 3.8) is 0 Å². The topological polar surface area (TPSA) is 96.4 Å². The molecule has 0 saturated heterocycles. The maximum absolute atomic E-state index is 10.4. The van der Waals surface area contributed by atoms with Gasteiger partial charge in [0.05, 0.1) is 16.3 Å². The van der Waals surface area contributed by atoms with Gasteiger partial charge in [-0.2, -0.15) is 0 Å². The third-order valence-electron chi connectivity index (χ3n) is 1.04. The van der Waals surface area contributed by atoms with Crippen LogP contribution in [0, 0.1) is 0 Å². The van der Waals surface area contributed by atoms with E-state index in [0.717, 1.165) is 0 Å². The van der Waals surface area contributed by atoms with Crippen LogP contribution >= 0.6 is 23.2 Å². The first-order valence-electron chi connectivity index (χ1n) is 3.83. The van der Waals surface area contributed by atoms with Gasteiger partial charge in [-0.15, -0.1) is 0 Å². The van der Waals surface area contributed by atoms with Gasteiger partial charge >= 0.3 is 5.97 Å². The average molecular weight is 253 g/mol. The van der Waals surface area contributed by atoms with Gasteiger partial charge in [0.15, 0.2) is 5.69 Å². The van der Waals surface area contributed by atoms with Gasteiger partial charge < -0.3 is 15.9 Å². The Morgan fingerprint density at radius 2 is 2.07 bits per heavy atom. The predicted molar refractivity (Wildman–Crippen MR) is 57.1 cm³/mol. The number of hydrogen-bond donors (Lipinski definition) is 3. The van der Waals surface area contributed by atoms with Crippen LogP contribution in [0.15, 0.2) is 12.3 Å². The predicted octanol–water partition coefficient (Wildman–Crippen LogP) is 1.37. The molecule has 0 fully saturated rings. The molecule has 1 aromatic rings. The minimum absolute atomic E-state index is 0.0262. The third kappa shape index (κ3) is 5.54. The summed E-state index contributed by atoms with van der Waals surface area (Å²) in [5.74, 6) is -1.18. The fraction of sp³-hybridized carbons (Fsp3) is 0.250. The van der Waals surface area contributed by atoms with Gasteiger partial charge in [-0.25, -0.2) is 9.78 Å². The lowest BCUT2D eigenvalue weighted by Gasteiger charge is -1.97. The Hall–Kier alpha value is -0.880. The first kappa shape index (κ1) is 14.1. The fourth-order valence-electron chi connectivity index (χ4n) is 0.569. The number of pyridine rings is 1. The van der Waals surface area contributed by atoms with Gasteiger partial charge in [-0.3, -0.25) is 0 Å². The summed E-state index contributed by atoms with van der Waals surface area (Å²) in [6, 6.07) is 1.43. The molecule has 1 unspecified atom stereocenters. The fourth-order valence-corrected chi connectivity index (χ4v) is 0.908. The van der Waals surface area contributed by atoms with E-state index in [0.29, 0.717) is 0 Å². The smallest absolute Gasteiger partial charge is 0.356 e. The zero-order valence-electron chi connectivity index (χ0n) is 7.82. The Morgan fingerprint density at radius 3 is 2.40 bits per heavy atom. The number of rotatable bonds is 1. The van der Waals surface area contributed by atoms with Crippen molar-refractivity contribution in [3.05, 3.63) is 28.0 Å². The van der Waals surface area contributed by atoms with Crippen LogP contribution < -0.4 is 5.73 Å². The third-order valence-corrected chi connectivity index (χ3v) is 1.84. The number of aromatic nitrogens is 1. The summed E-state index contributed by atoms with van der Waals surface area (Å²) >= 11 is 11.0. The molecule has 1 atom stereocenters. The molecule has 4 N–H and O–H groups in total. The molecular weight excluding hydrogens is 243 g/mol. The summed E-state index contributed by atoms with van der Waals surface area (Å²) in [6.45, 7) is 1.50. The van der Waals surface area contributed by atoms with Crippen LogP contribution in [-0.4, -0.2) is 27.4 Å². The summed E-state index contributed by atoms with van der Waals surface area (Å²) in [4.78, 5) is 13.9. The molecule has 0 aliphatic heterocycles. The number of hydrogen-bond acceptors (Lipinski definition) is 4. The maximum Gasteiger partial charge on any atom is 0.356 e. The van der Waals surface area contributed by atoms with Crippen molar-refractivity contribution in [1.29, 1.82) is 0 Å². The molecule has 1 rings (SSSR count). The summed E-state index contributed by atoms with van der Waals surface area (Å²) < 4.78 is 0. The molecule has 0 spiro atoms. The zero-order valence-corrected chi connectivity index (χ0v) is 9.33. The van der Waals surface area contributed by atoms with E-state index in [-0.39, 0.29) is 15.7 Å². The van der Waals surface area contributed by atoms with Crippen molar-refractivity contribution in [2.45, 2.75) is 13.2 Å². The molecule has 5 nitrogen and oxygen atoms in total. The van der Waals surface area contributed by atoms with E-state index in [2.05, 4.69) is 10.7 Å². The molecule has 0 aromatic carbocycles. The van der Waals surface area contributed by atoms with Crippen molar-refractivity contribution in [1.82, 2.24) is 4.98 Å². The van der Waals surface area contributed by atoms with Gasteiger partial charge in [0.25, 0.3) is 0 Å². The van der Waals surface area contributed by atoms with Gasteiger partial charge in [0.1, 0.15) is 0 Å². The number of carbonyl (C=O) groups is 1. The van der Waals surface area contributed by atoms with Gasteiger partial charge in [-0.05, 0) is 13.0 Å². The second kappa shape index (κ2) is 6.58. The van der Waals surface area contributed by atoms with Crippen LogP contribution in [0.2, 0.25) is 10.0 Å². The number of aromatic carboxylic acids is 1. The molecular formula is C8H10Cl2N2O3. The van der Waals surface area contributed by atoms with Gasteiger partial charge in [0.2, 0.25) is 0 Å². The monoisotopic (exact) mass is 252 g/mol. The number of carboxylic acid groups (broad SMARTS) is 1. The highest BCUT2D eigenvalue weighted by Crippen LogP contribution is 2.23. The van der Waals surface area contributed by atoms with E-state index in [4.69, 9.17) is 33.4 Å². The van der Waals surface area contributed by atoms with E-state index in [1.807, 2.05) is 0 Å². The minimum atomic E-state index is -1.18.